The number of carbonyl (C=O) groups excluding carboxylic acids is 1. The number of amides is 1. The number of anilines is 3. The summed E-state index contributed by atoms with van der Waals surface area (Å²) in [6.07, 6.45) is 4.82. The molecule has 1 aliphatic rings. The quantitative estimate of drug-likeness (QED) is 0.451. The van der Waals surface area contributed by atoms with Gasteiger partial charge in [-0.1, -0.05) is 13.8 Å². The molecule has 0 aliphatic heterocycles. The largest absolute Gasteiger partial charge is 0.370 e. The van der Waals surface area contributed by atoms with Crippen molar-refractivity contribution in [2.45, 2.75) is 58.0 Å². The molecular weight excluding hydrogens is 402 g/mol. The normalized spacial score (nSPS) is 19.2. The predicted octanol–water partition coefficient (Wildman–Crippen LogP) is 3.52. The lowest BCUT2D eigenvalue weighted by Gasteiger charge is -2.40. The second kappa shape index (κ2) is 10.9. The van der Waals surface area contributed by atoms with Crippen molar-refractivity contribution in [2.75, 3.05) is 24.2 Å². The molecule has 8 nitrogen and oxygen atoms in total. The van der Waals surface area contributed by atoms with Gasteiger partial charge >= 0.3 is 0 Å². The molecule has 4 N–H and O–H groups in total. The van der Waals surface area contributed by atoms with Gasteiger partial charge in [-0.3, -0.25) is 4.79 Å². The molecule has 1 aromatic heterocycles. The molecular formula is C24H33N7O. The SMILES string of the molecule is CCCNc1nc(Nc2ccc(C#N)cc2)ncc1C(C)[C@H]1C[C@@H](NC(=O)[C@H](C)NC)C1. The number of nitriles is 1. The van der Waals surface area contributed by atoms with E-state index < -0.39 is 0 Å². The highest BCUT2D eigenvalue weighted by Crippen LogP contribution is 2.41. The van der Waals surface area contributed by atoms with Crippen LogP contribution in [0, 0.1) is 17.2 Å². The topological polar surface area (TPSA) is 115 Å². The fraction of sp³-hybridized carbons (Fsp3) is 0.500. The van der Waals surface area contributed by atoms with E-state index in [4.69, 9.17) is 10.2 Å². The lowest BCUT2D eigenvalue weighted by atomic mass is 9.71. The van der Waals surface area contributed by atoms with E-state index in [-0.39, 0.29) is 23.9 Å². The van der Waals surface area contributed by atoms with Crippen LogP contribution in [0.15, 0.2) is 30.5 Å². The molecule has 2 atom stereocenters. The zero-order valence-corrected chi connectivity index (χ0v) is 19.3. The van der Waals surface area contributed by atoms with Gasteiger partial charge in [-0.05, 0) is 69.3 Å². The van der Waals surface area contributed by atoms with Crippen molar-refractivity contribution < 1.29 is 4.79 Å². The minimum absolute atomic E-state index is 0.0514. The number of hydrogen-bond acceptors (Lipinski definition) is 7. The summed E-state index contributed by atoms with van der Waals surface area (Å²) in [7, 11) is 1.79. The number of rotatable bonds is 10. The van der Waals surface area contributed by atoms with Crippen LogP contribution in [-0.2, 0) is 4.79 Å². The zero-order chi connectivity index (χ0) is 23.1. The number of hydrogen-bond donors (Lipinski definition) is 4. The van der Waals surface area contributed by atoms with Gasteiger partial charge in [0.2, 0.25) is 11.9 Å². The van der Waals surface area contributed by atoms with Gasteiger partial charge in [0.05, 0.1) is 17.7 Å². The average Bonchev–Trinajstić information content (AvgIpc) is 2.79. The zero-order valence-electron chi connectivity index (χ0n) is 19.3. The molecule has 170 valence electrons. The first-order chi connectivity index (χ1) is 15.4. The summed E-state index contributed by atoms with van der Waals surface area (Å²) in [5.41, 5.74) is 2.54. The molecule has 1 saturated carbocycles. The Bertz CT molecular complexity index is 948. The fourth-order valence-corrected chi connectivity index (χ4v) is 3.83. The summed E-state index contributed by atoms with van der Waals surface area (Å²) in [6.45, 7) is 7.03. The Hall–Kier alpha value is -3.18. The maximum absolute atomic E-state index is 12.1. The van der Waals surface area contributed by atoms with Crippen LogP contribution < -0.4 is 21.3 Å². The molecule has 32 heavy (non-hydrogen) atoms. The number of likely N-dealkylation sites (N-methyl/N-ethyl adjacent to an activating group) is 1. The first kappa shape index (κ1) is 23.5. The maximum atomic E-state index is 12.1. The van der Waals surface area contributed by atoms with Crippen molar-refractivity contribution in [3.8, 4) is 6.07 Å². The van der Waals surface area contributed by atoms with Crippen molar-refractivity contribution >= 4 is 23.4 Å². The molecule has 0 radical (unpaired) electrons. The van der Waals surface area contributed by atoms with Crippen LogP contribution in [0.1, 0.15) is 57.1 Å². The summed E-state index contributed by atoms with van der Waals surface area (Å²) in [4.78, 5) is 21.4. The molecule has 1 unspecified atom stereocenters. The van der Waals surface area contributed by atoms with Crippen LogP contribution >= 0.6 is 0 Å². The molecule has 0 saturated heterocycles. The van der Waals surface area contributed by atoms with Crippen LogP contribution in [0.25, 0.3) is 0 Å². The number of benzene rings is 1. The molecule has 1 fully saturated rings. The molecule has 2 aromatic rings. The van der Waals surface area contributed by atoms with Crippen LogP contribution in [-0.4, -0.2) is 41.6 Å². The minimum Gasteiger partial charge on any atom is -0.370 e. The molecule has 1 aliphatic carbocycles. The van der Waals surface area contributed by atoms with E-state index in [1.165, 1.54) is 0 Å². The Morgan fingerprint density at radius 3 is 2.59 bits per heavy atom. The third kappa shape index (κ3) is 5.74. The van der Waals surface area contributed by atoms with Crippen LogP contribution in [0.5, 0.6) is 0 Å². The molecule has 1 heterocycles. The van der Waals surface area contributed by atoms with E-state index in [9.17, 15) is 4.79 Å². The van der Waals surface area contributed by atoms with Gasteiger partial charge in [-0.25, -0.2) is 4.98 Å². The Labute approximate surface area is 190 Å². The lowest BCUT2D eigenvalue weighted by Crippen LogP contribution is -2.50. The first-order valence-electron chi connectivity index (χ1n) is 11.3. The van der Waals surface area contributed by atoms with Crippen LogP contribution in [0.4, 0.5) is 17.5 Å². The summed E-state index contributed by atoms with van der Waals surface area (Å²) in [5.74, 6) is 2.18. The van der Waals surface area contributed by atoms with Gasteiger partial charge in [0.25, 0.3) is 0 Å². The average molecular weight is 436 g/mol. The molecule has 3 rings (SSSR count). The number of nitrogens with zero attached hydrogens (tertiary/aromatic N) is 3. The van der Waals surface area contributed by atoms with E-state index >= 15 is 0 Å². The molecule has 8 heteroatoms. The minimum atomic E-state index is -0.180. The first-order valence-corrected chi connectivity index (χ1v) is 11.3. The molecule has 0 spiro atoms. The second-order valence-electron chi connectivity index (χ2n) is 8.47. The Balaban J connectivity index is 1.67. The van der Waals surface area contributed by atoms with Gasteiger partial charge in [0.15, 0.2) is 0 Å². The van der Waals surface area contributed by atoms with E-state index in [0.29, 0.717) is 17.4 Å². The van der Waals surface area contributed by atoms with Crippen molar-refractivity contribution in [1.82, 2.24) is 20.6 Å². The van der Waals surface area contributed by atoms with Crippen molar-refractivity contribution in [3.05, 3.63) is 41.6 Å². The highest BCUT2D eigenvalue weighted by atomic mass is 16.2. The van der Waals surface area contributed by atoms with E-state index in [1.54, 1.807) is 19.2 Å². The summed E-state index contributed by atoms with van der Waals surface area (Å²) >= 11 is 0. The van der Waals surface area contributed by atoms with Gasteiger partial charge in [-0.15, -0.1) is 0 Å². The Kier molecular flexibility index (Phi) is 8.01. The number of aromatic nitrogens is 2. The van der Waals surface area contributed by atoms with Gasteiger partial charge in [0.1, 0.15) is 5.82 Å². The van der Waals surface area contributed by atoms with Gasteiger partial charge < -0.3 is 21.3 Å². The Morgan fingerprint density at radius 1 is 1.25 bits per heavy atom. The van der Waals surface area contributed by atoms with Gasteiger partial charge in [-0.2, -0.15) is 10.2 Å². The van der Waals surface area contributed by atoms with Crippen molar-refractivity contribution in [3.63, 3.8) is 0 Å². The predicted molar refractivity (Wildman–Crippen MR) is 127 cm³/mol. The van der Waals surface area contributed by atoms with Crippen molar-refractivity contribution in [2.24, 2.45) is 5.92 Å². The summed E-state index contributed by atoms with van der Waals surface area (Å²) in [5, 5.41) is 21.7. The number of nitrogens with one attached hydrogen (secondary N) is 4. The Morgan fingerprint density at radius 2 is 1.97 bits per heavy atom. The fourth-order valence-electron chi connectivity index (χ4n) is 3.83. The van der Waals surface area contributed by atoms with Gasteiger partial charge in [0, 0.05) is 30.0 Å². The molecule has 1 amide bonds. The second-order valence-corrected chi connectivity index (χ2v) is 8.47. The summed E-state index contributed by atoms with van der Waals surface area (Å²) in [6, 6.07) is 9.38. The highest BCUT2D eigenvalue weighted by Gasteiger charge is 2.36. The molecule has 0 bridgehead atoms. The third-order valence-corrected chi connectivity index (χ3v) is 6.17. The molecule has 1 aromatic carbocycles. The third-order valence-electron chi connectivity index (χ3n) is 6.17. The lowest BCUT2D eigenvalue weighted by molar-refractivity contribution is -0.124. The van der Waals surface area contributed by atoms with Crippen molar-refractivity contribution in [1.29, 1.82) is 5.26 Å². The monoisotopic (exact) mass is 435 g/mol. The van der Waals surface area contributed by atoms with E-state index in [1.807, 2.05) is 25.3 Å². The maximum Gasteiger partial charge on any atom is 0.237 e. The standard InChI is InChI=1S/C24H33N7O/c1-5-10-27-22-21(15(2)18-11-20(12-18)29-23(32)16(3)26-4)14-28-24(31-22)30-19-8-6-17(13-25)7-9-19/h6-9,14-16,18,20,26H,5,10-12H2,1-4H3,(H,29,32)(H2,27,28,30,31)/t15?,16-,18-,20+/m0/s1. The smallest absolute Gasteiger partial charge is 0.237 e. The van der Waals surface area contributed by atoms with Crippen LogP contribution in [0.3, 0.4) is 0 Å². The summed E-state index contributed by atoms with van der Waals surface area (Å²) < 4.78 is 0. The highest BCUT2D eigenvalue weighted by molar-refractivity contribution is 5.81. The number of carbonyl (C=O) groups is 1. The van der Waals surface area contributed by atoms with Crippen LogP contribution in [0.2, 0.25) is 0 Å². The van der Waals surface area contributed by atoms with E-state index in [2.05, 4.69) is 46.2 Å². The van der Waals surface area contributed by atoms with E-state index in [0.717, 1.165) is 42.9 Å².